The number of hydrogen-bond donors (Lipinski definition) is 1. The molecule has 0 aromatic carbocycles. The van der Waals surface area contributed by atoms with Gasteiger partial charge in [-0.2, -0.15) is 0 Å². The van der Waals surface area contributed by atoms with Gasteiger partial charge in [0.25, 0.3) is 0 Å². The topological polar surface area (TPSA) is 46.2 Å². The summed E-state index contributed by atoms with van der Waals surface area (Å²) in [5.74, 6) is -0.134. The summed E-state index contributed by atoms with van der Waals surface area (Å²) in [6.45, 7) is 7.34. The maximum atomic E-state index is 11.1. The van der Waals surface area contributed by atoms with Gasteiger partial charge in [0.1, 0.15) is 0 Å². The van der Waals surface area contributed by atoms with Gasteiger partial charge in [0, 0.05) is 6.92 Å². The van der Waals surface area contributed by atoms with E-state index in [2.05, 4.69) is 5.32 Å². The first-order chi connectivity index (χ1) is 6.59. The van der Waals surface area contributed by atoms with Gasteiger partial charge in [0.2, 0.25) is 11.7 Å². The van der Waals surface area contributed by atoms with Crippen molar-refractivity contribution in [3.05, 3.63) is 23.9 Å². The lowest BCUT2D eigenvalue weighted by Crippen LogP contribution is -2.26. The fourth-order valence-corrected chi connectivity index (χ4v) is 1.02. The van der Waals surface area contributed by atoms with Crippen LogP contribution in [0.1, 0.15) is 27.7 Å². The van der Waals surface area contributed by atoms with Gasteiger partial charge in [-0.1, -0.05) is 32.9 Å². The second-order valence-electron chi connectivity index (χ2n) is 2.84. The standard InChI is InChI=1S/C9H11NO2.C2H6/c1-6-3-4-9(12)8(5-6)10-7(2)11;1-2/h3-6H,1-2H3,(H,10,11);1-2H3. The van der Waals surface area contributed by atoms with Gasteiger partial charge in [-0.15, -0.1) is 0 Å². The van der Waals surface area contributed by atoms with E-state index in [9.17, 15) is 9.59 Å². The van der Waals surface area contributed by atoms with Crippen molar-refractivity contribution in [3.63, 3.8) is 0 Å². The van der Waals surface area contributed by atoms with E-state index in [-0.39, 0.29) is 17.6 Å². The van der Waals surface area contributed by atoms with Crippen LogP contribution in [0.25, 0.3) is 0 Å². The molecule has 0 aromatic heterocycles. The monoisotopic (exact) mass is 195 g/mol. The predicted molar refractivity (Wildman–Crippen MR) is 56.6 cm³/mol. The van der Waals surface area contributed by atoms with Crippen molar-refractivity contribution in [2.45, 2.75) is 27.7 Å². The third-order valence-corrected chi connectivity index (χ3v) is 1.56. The highest BCUT2D eigenvalue weighted by Crippen LogP contribution is 2.10. The highest BCUT2D eigenvalue weighted by atomic mass is 16.2. The van der Waals surface area contributed by atoms with Crippen LogP contribution in [0.3, 0.4) is 0 Å². The maximum Gasteiger partial charge on any atom is 0.221 e. The van der Waals surface area contributed by atoms with Crippen molar-refractivity contribution in [1.29, 1.82) is 0 Å². The van der Waals surface area contributed by atoms with Gasteiger partial charge in [0.05, 0.1) is 5.70 Å². The van der Waals surface area contributed by atoms with Gasteiger partial charge < -0.3 is 5.32 Å². The molecule has 1 unspecified atom stereocenters. The molecule has 1 amide bonds. The zero-order chi connectivity index (χ0) is 11.1. The lowest BCUT2D eigenvalue weighted by molar-refractivity contribution is -0.120. The summed E-state index contributed by atoms with van der Waals surface area (Å²) in [6.07, 6.45) is 5.02. The van der Waals surface area contributed by atoms with Crippen LogP contribution >= 0.6 is 0 Å². The molecule has 0 bridgehead atoms. The minimum atomic E-state index is -0.211. The van der Waals surface area contributed by atoms with Crippen molar-refractivity contribution >= 4 is 11.7 Å². The second kappa shape index (κ2) is 6.13. The van der Waals surface area contributed by atoms with Crippen molar-refractivity contribution in [3.8, 4) is 0 Å². The van der Waals surface area contributed by atoms with E-state index >= 15 is 0 Å². The third kappa shape index (κ3) is 4.03. The van der Waals surface area contributed by atoms with Crippen LogP contribution in [-0.2, 0) is 9.59 Å². The maximum absolute atomic E-state index is 11.1. The minimum absolute atomic E-state index is 0.136. The fraction of sp³-hybridized carbons (Fsp3) is 0.455. The smallest absolute Gasteiger partial charge is 0.221 e. The Morgan fingerprint density at radius 1 is 1.43 bits per heavy atom. The van der Waals surface area contributed by atoms with E-state index in [1.54, 1.807) is 12.2 Å². The molecule has 78 valence electrons. The van der Waals surface area contributed by atoms with E-state index in [1.165, 1.54) is 13.0 Å². The number of nitrogens with one attached hydrogen (secondary N) is 1. The largest absolute Gasteiger partial charge is 0.323 e. The predicted octanol–water partition coefficient (Wildman–Crippen LogP) is 1.81. The van der Waals surface area contributed by atoms with E-state index < -0.39 is 0 Å². The van der Waals surface area contributed by atoms with Gasteiger partial charge in [0.15, 0.2) is 0 Å². The lowest BCUT2D eigenvalue weighted by atomic mass is 10.0. The number of carbonyl (C=O) groups is 2. The second-order valence-corrected chi connectivity index (χ2v) is 2.84. The first-order valence-electron chi connectivity index (χ1n) is 4.81. The first kappa shape index (κ1) is 12.6. The molecule has 1 aliphatic rings. The molecule has 0 heterocycles. The van der Waals surface area contributed by atoms with E-state index in [0.717, 1.165) is 0 Å². The van der Waals surface area contributed by atoms with Crippen LogP contribution in [-0.4, -0.2) is 11.7 Å². The van der Waals surface area contributed by atoms with Gasteiger partial charge in [-0.25, -0.2) is 0 Å². The number of rotatable bonds is 1. The fourth-order valence-electron chi connectivity index (χ4n) is 1.02. The summed E-state index contributed by atoms with van der Waals surface area (Å²) in [5.41, 5.74) is 0.387. The minimum Gasteiger partial charge on any atom is -0.323 e. The Balaban J connectivity index is 0.000000791. The Morgan fingerprint density at radius 3 is 2.50 bits per heavy atom. The summed E-state index contributed by atoms with van der Waals surface area (Å²) in [4.78, 5) is 21.7. The van der Waals surface area contributed by atoms with Crippen molar-refractivity contribution in [2.24, 2.45) is 5.92 Å². The molecule has 0 saturated heterocycles. The summed E-state index contributed by atoms with van der Waals surface area (Å²) in [5, 5.41) is 2.48. The Labute approximate surface area is 84.9 Å². The molecule has 0 aromatic rings. The molecule has 1 rings (SSSR count). The van der Waals surface area contributed by atoms with Crippen LogP contribution in [0.2, 0.25) is 0 Å². The Hall–Kier alpha value is -1.38. The van der Waals surface area contributed by atoms with Crippen molar-refractivity contribution in [1.82, 2.24) is 5.32 Å². The number of allylic oxidation sites excluding steroid dienone is 3. The molecule has 3 heteroatoms. The number of carbonyl (C=O) groups excluding carboxylic acids is 2. The molecule has 1 N–H and O–H groups in total. The Morgan fingerprint density at radius 2 is 2.00 bits per heavy atom. The molecule has 3 nitrogen and oxygen atoms in total. The number of amides is 1. The van der Waals surface area contributed by atoms with Crippen LogP contribution in [0.4, 0.5) is 0 Å². The first-order valence-corrected chi connectivity index (χ1v) is 4.81. The molecule has 1 atom stereocenters. The van der Waals surface area contributed by atoms with Crippen LogP contribution in [0.15, 0.2) is 23.9 Å². The molecular weight excluding hydrogens is 178 g/mol. The quantitative estimate of drug-likeness (QED) is 0.693. The summed E-state index contributed by atoms with van der Waals surface area (Å²) in [7, 11) is 0. The summed E-state index contributed by atoms with van der Waals surface area (Å²) >= 11 is 0. The number of hydrogen-bond acceptors (Lipinski definition) is 2. The summed E-state index contributed by atoms with van der Waals surface area (Å²) in [6, 6.07) is 0. The highest BCUT2D eigenvalue weighted by Gasteiger charge is 2.12. The van der Waals surface area contributed by atoms with Gasteiger partial charge >= 0.3 is 0 Å². The highest BCUT2D eigenvalue weighted by molar-refractivity contribution is 6.06. The molecule has 14 heavy (non-hydrogen) atoms. The molecule has 0 fully saturated rings. The van der Waals surface area contributed by atoms with E-state index in [4.69, 9.17) is 0 Å². The summed E-state index contributed by atoms with van der Waals surface area (Å²) < 4.78 is 0. The normalized spacial score (nSPS) is 19.3. The zero-order valence-corrected chi connectivity index (χ0v) is 9.13. The average molecular weight is 195 g/mol. The average Bonchev–Trinajstić information content (AvgIpc) is 2.14. The SMILES string of the molecule is CC.CC(=O)NC1=CC(C)C=CC1=O. The Bertz CT molecular complexity index is 277. The zero-order valence-electron chi connectivity index (χ0n) is 9.13. The molecular formula is C11H17NO2. The molecule has 0 radical (unpaired) electrons. The van der Waals surface area contributed by atoms with E-state index in [0.29, 0.717) is 5.70 Å². The van der Waals surface area contributed by atoms with Gasteiger partial charge in [-0.05, 0) is 12.0 Å². The van der Waals surface area contributed by atoms with Crippen molar-refractivity contribution in [2.75, 3.05) is 0 Å². The Kier molecular flexibility index (Phi) is 5.53. The van der Waals surface area contributed by atoms with Crippen LogP contribution < -0.4 is 5.32 Å². The van der Waals surface area contributed by atoms with Crippen LogP contribution in [0.5, 0.6) is 0 Å². The molecule has 0 aliphatic heterocycles. The van der Waals surface area contributed by atoms with Gasteiger partial charge in [-0.3, -0.25) is 9.59 Å². The number of ketones is 1. The molecule has 0 spiro atoms. The molecule has 0 saturated carbocycles. The van der Waals surface area contributed by atoms with E-state index in [1.807, 2.05) is 20.8 Å². The van der Waals surface area contributed by atoms with Crippen molar-refractivity contribution < 1.29 is 9.59 Å². The third-order valence-electron chi connectivity index (χ3n) is 1.56. The lowest BCUT2D eigenvalue weighted by Gasteiger charge is -2.10. The van der Waals surface area contributed by atoms with Crippen LogP contribution in [0, 0.1) is 5.92 Å². The molecule has 1 aliphatic carbocycles.